The van der Waals surface area contributed by atoms with Crippen LogP contribution in [0.3, 0.4) is 0 Å². The molecule has 0 bridgehead atoms. The highest BCUT2D eigenvalue weighted by Gasteiger charge is 2.13. The van der Waals surface area contributed by atoms with Gasteiger partial charge in [-0.05, 0) is 71.8 Å². The van der Waals surface area contributed by atoms with E-state index in [2.05, 4.69) is 32.1 Å². The van der Waals surface area contributed by atoms with Crippen LogP contribution in [0.4, 0.5) is 5.69 Å². The Labute approximate surface area is 153 Å². The van der Waals surface area contributed by atoms with Gasteiger partial charge < -0.3 is 0 Å². The molecule has 0 saturated heterocycles. The highest BCUT2D eigenvalue weighted by molar-refractivity contribution is 14.2. The third kappa shape index (κ3) is 3.47. The highest BCUT2D eigenvalue weighted by atomic mass is 127. The lowest BCUT2D eigenvalue weighted by atomic mass is 10.1. The predicted molar refractivity (Wildman–Crippen MR) is 107 cm³/mol. The summed E-state index contributed by atoms with van der Waals surface area (Å²) in [7, 11) is 0. The molecule has 2 aromatic heterocycles. The van der Waals surface area contributed by atoms with Crippen LogP contribution in [-0.2, 0) is 0 Å². The van der Waals surface area contributed by atoms with Crippen LogP contribution in [0.2, 0.25) is 0 Å². The van der Waals surface area contributed by atoms with E-state index < -0.39 is 0 Å². The lowest BCUT2D eigenvalue weighted by Gasteiger charge is -1.98. The number of halogens is 1. The number of nitrogens with zero attached hydrogens (tertiary/aromatic N) is 4. The third-order valence-corrected chi connectivity index (χ3v) is 5.39. The van der Waals surface area contributed by atoms with E-state index in [0.717, 1.165) is 33.5 Å². The second kappa shape index (κ2) is 6.94. The number of aromatic nitrogens is 3. The Hall–Kier alpha value is -1.86. The minimum Gasteiger partial charge on any atom is -0.258 e. The fourth-order valence-electron chi connectivity index (χ4n) is 2.55. The van der Waals surface area contributed by atoms with E-state index in [4.69, 9.17) is 0 Å². The average Bonchev–Trinajstić information content (AvgIpc) is 2.89. The van der Waals surface area contributed by atoms with Gasteiger partial charge in [0, 0.05) is 23.2 Å². The molecule has 0 aliphatic carbocycles. The van der Waals surface area contributed by atoms with Gasteiger partial charge in [0.15, 0.2) is 0 Å². The van der Waals surface area contributed by atoms with Crippen molar-refractivity contribution in [3.05, 3.63) is 63.1 Å². The molecular formula is C16H14IN4O2P. The number of fused-ring (bicyclic) bond motifs is 1. The Bertz CT molecular complexity index is 948. The van der Waals surface area contributed by atoms with Gasteiger partial charge in [0.2, 0.25) is 0 Å². The number of rotatable bonds is 4. The van der Waals surface area contributed by atoms with Crippen LogP contribution in [0.1, 0.15) is 22.6 Å². The number of nitro benzene ring substituents is 1. The fourth-order valence-corrected chi connectivity index (χ4v) is 4.08. The average molecular weight is 452 g/mol. The van der Waals surface area contributed by atoms with Crippen molar-refractivity contribution in [2.45, 2.75) is 13.8 Å². The van der Waals surface area contributed by atoms with Gasteiger partial charge in [-0.2, -0.15) is 5.10 Å². The normalized spacial score (nSPS) is 12.0. The summed E-state index contributed by atoms with van der Waals surface area (Å²) in [5.41, 5.74) is 4.62. The molecule has 122 valence electrons. The number of hydrogen-bond acceptors (Lipinski definition) is 4. The number of nitro groups is 1. The first-order chi connectivity index (χ1) is 11.5. The maximum atomic E-state index is 11.0. The monoisotopic (exact) mass is 452 g/mol. The quantitative estimate of drug-likeness (QED) is 0.244. The van der Waals surface area contributed by atoms with Crippen molar-refractivity contribution < 1.29 is 4.92 Å². The van der Waals surface area contributed by atoms with Crippen molar-refractivity contribution in [2.24, 2.45) is 0 Å². The molecule has 0 N–H and O–H groups in total. The Morgan fingerprint density at radius 3 is 2.71 bits per heavy atom. The zero-order valence-electron chi connectivity index (χ0n) is 13.0. The molecule has 0 aliphatic rings. The summed E-state index contributed by atoms with van der Waals surface area (Å²) in [6.45, 7) is 4.00. The molecule has 0 fully saturated rings. The minimum absolute atomic E-state index is 0.0739. The van der Waals surface area contributed by atoms with Crippen LogP contribution in [0.25, 0.3) is 23.1 Å². The summed E-state index contributed by atoms with van der Waals surface area (Å²) in [4.78, 5) is 15.1. The van der Waals surface area contributed by atoms with Crippen LogP contribution >= 0.6 is 28.4 Å². The van der Waals surface area contributed by atoms with Crippen LogP contribution in [0.5, 0.6) is 0 Å². The smallest absolute Gasteiger partial charge is 0.258 e. The predicted octanol–water partition coefficient (Wildman–Crippen LogP) is 4.92. The first kappa shape index (κ1) is 17.0. The molecular weight excluding hydrogens is 438 g/mol. The Morgan fingerprint density at radius 1 is 1.25 bits per heavy atom. The van der Waals surface area contributed by atoms with Crippen molar-refractivity contribution in [1.29, 1.82) is 0 Å². The largest absolute Gasteiger partial charge is 0.271 e. The summed E-state index contributed by atoms with van der Waals surface area (Å²) in [5.74, 6) is 0. The Morgan fingerprint density at radius 2 is 2.04 bits per heavy atom. The fraction of sp³-hybridized carbons (Fsp3) is 0.125. The molecule has 6 nitrogen and oxygen atoms in total. The number of hydrogen-bond donors (Lipinski definition) is 0. The molecule has 24 heavy (non-hydrogen) atoms. The van der Waals surface area contributed by atoms with Gasteiger partial charge in [0.25, 0.3) is 5.69 Å². The molecule has 1 atom stereocenters. The molecule has 0 saturated carbocycles. The maximum absolute atomic E-state index is 11.0. The lowest BCUT2D eigenvalue weighted by Crippen LogP contribution is -1.88. The summed E-state index contributed by atoms with van der Waals surface area (Å²) >= 11 is 2.21. The van der Waals surface area contributed by atoms with Gasteiger partial charge >= 0.3 is 0 Å². The van der Waals surface area contributed by atoms with Crippen molar-refractivity contribution in [2.75, 3.05) is 0 Å². The van der Waals surface area contributed by atoms with E-state index in [0.29, 0.717) is 6.37 Å². The minimum atomic E-state index is -0.387. The lowest BCUT2D eigenvalue weighted by molar-refractivity contribution is -0.384. The number of non-ortho nitro benzene ring substituents is 1. The van der Waals surface area contributed by atoms with Gasteiger partial charge in [-0.25, -0.2) is 4.45 Å². The second-order valence-electron chi connectivity index (χ2n) is 5.38. The number of benzene rings is 1. The van der Waals surface area contributed by atoms with E-state index in [-0.39, 0.29) is 10.6 Å². The van der Waals surface area contributed by atoms with Gasteiger partial charge in [0.05, 0.1) is 28.2 Å². The Balaban J connectivity index is 2.06. The summed E-state index contributed by atoms with van der Waals surface area (Å²) in [6, 6.07) is 8.87. The standard InChI is InChI=1S/C16H14IN4O2P/c1-10-7-11(2)18-12(8-10)3-6-15-14-5-4-13(21(22)23)9-16(14)20(19-15)24-17/h3-9,24H,1-2H3/b6-3+. The molecule has 0 aliphatic heterocycles. The first-order valence-corrected chi connectivity index (χ1v) is 11.2. The van der Waals surface area contributed by atoms with Crippen LogP contribution in [-0.4, -0.2) is 19.5 Å². The van der Waals surface area contributed by atoms with Crippen molar-refractivity contribution in [3.63, 3.8) is 0 Å². The molecule has 3 aromatic rings. The van der Waals surface area contributed by atoms with Gasteiger partial charge in [0.1, 0.15) is 0 Å². The first-order valence-electron chi connectivity index (χ1n) is 7.15. The summed E-state index contributed by atoms with van der Waals surface area (Å²) in [5, 5.41) is 16.4. The third-order valence-electron chi connectivity index (χ3n) is 3.51. The number of aryl methyl sites for hydroxylation is 2. The molecule has 0 radical (unpaired) electrons. The summed E-state index contributed by atoms with van der Waals surface area (Å²) in [6.07, 6.45) is 4.19. The number of pyridine rings is 1. The summed E-state index contributed by atoms with van der Waals surface area (Å²) < 4.78 is 1.79. The van der Waals surface area contributed by atoms with Crippen LogP contribution < -0.4 is 0 Å². The van der Waals surface area contributed by atoms with Crippen molar-refractivity contribution in [3.8, 4) is 0 Å². The molecule has 2 heterocycles. The van der Waals surface area contributed by atoms with Gasteiger partial charge in [-0.3, -0.25) is 15.1 Å². The topological polar surface area (TPSA) is 73.8 Å². The maximum Gasteiger partial charge on any atom is 0.271 e. The van der Waals surface area contributed by atoms with Crippen LogP contribution in [0, 0.1) is 24.0 Å². The Kier molecular flexibility index (Phi) is 4.91. The zero-order valence-corrected chi connectivity index (χ0v) is 16.2. The van der Waals surface area contributed by atoms with Gasteiger partial charge in [-0.1, -0.05) is 0 Å². The molecule has 3 rings (SSSR count). The van der Waals surface area contributed by atoms with E-state index in [1.54, 1.807) is 16.6 Å². The second-order valence-corrected chi connectivity index (χ2v) is 7.42. The van der Waals surface area contributed by atoms with E-state index in [1.165, 1.54) is 6.07 Å². The van der Waals surface area contributed by atoms with E-state index >= 15 is 0 Å². The van der Waals surface area contributed by atoms with Crippen molar-refractivity contribution >= 4 is 57.2 Å². The molecule has 0 amide bonds. The van der Waals surface area contributed by atoms with E-state index in [9.17, 15) is 10.1 Å². The molecule has 1 unspecified atom stereocenters. The van der Waals surface area contributed by atoms with Crippen LogP contribution in [0.15, 0.2) is 30.3 Å². The zero-order chi connectivity index (χ0) is 17.3. The molecule has 1 aromatic carbocycles. The molecule has 0 spiro atoms. The SMILES string of the molecule is Cc1cc(C)nc(/C=C/c2nn(PI)c3cc([N+](=O)[O-])ccc23)c1. The molecule has 8 heteroatoms. The van der Waals surface area contributed by atoms with Gasteiger partial charge in [-0.15, -0.1) is 0 Å². The highest BCUT2D eigenvalue weighted by Crippen LogP contribution is 2.33. The van der Waals surface area contributed by atoms with Crippen molar-refractivity contribution in [1.82, 2.24) is 14.5 Å². The van der Waals surface area contributed by atoms with E-state index in [1.807, 2.05) is 38.1 Å².